The molecule has 0 amide bonds. The standard InChI is InChI=1S/C13H15BrFN3/c1-2-5-18-9-10(8-17-18)7-16-13-4-3-11(14)6-12(13)15/h3-4,6,8-9,16H,2,5,7H2,1H3. The van der Waals surface area contributed by atoms with Gasteiger partial charge in [-0.2, -0.15) is 5.10 Å². The van der Waals surface area contributed by atoms with Crippen molar-refractivity contribution in [1.29, 1.82) is 0 Å². The summed E-state index contributed by atoms with van der Waals surface area (Å²) in [6, 6.07) is 4.98. The molecule has 0 atom stereocenters. The third-order valence-electron chi connectivity index (χ3n) is 2.55. The number of halogens is 2. The highest BCUT2D eigenvalue weighted by Crippen LogP contribution is 2.19. The molecule has 0 saturated heterocycles. The highest BCUT2D eigenvalue weighted by Gasteiger charge is 2.03. The van der Waals surface area contributed by atoms with E-state index in [0.717, 1.165) is 23.0 Å². The molecule has 0 fully saturated rings. The van der Waals surface area contributed by atoms with Crippen LogP contribution < -0.4 is 5.32 Å². The fourth-order valence-corrected chi connectivity index (χ4v) is 2.01. The summed E-state index contributed by atoms with van der Waals surface area (Å²) >= 11 is 3.23. The smallest absolute Gasteiger partial charge is 0.147 e. The first-order chi connectivity index (χ1) is 8.69. The Balaban J connectivity index is 1.97. The molecule has 5 heteroatoms. The summed E-state index contributed by atoms with van der Waals surface area (Å²) in [5.41, 5.74) is 1.55. The number of hydrogen-bond donors (Lipinski definition) is 1. The van der Waals surface area contributed by atoms with E-state index in [-0.39, 0.29) is 5.82 Å². The maximum Gasteiger partial charge on any atom is 0.147 e. The monoisotopic (exact) mass is 311 g/mol. The summed E-state index contributed by atoms with van der Waals surface area (Å²) < 4.78 is 16.2. The van der Waals surface area contributed by atoms with Crippen LogP contribution in [-0.2, 0) is 13.1 Å². The molecule has 1 aromatic heterocycles. The second-order valence-electron chi connectivity index (χ2n) is 4.09. The Kier molecular flexibility index (Phi) is 4.36. The number of aromatic nitrogens is 2. The Labute approximate surface area is 114 Å². The van der Waals surface area contributed by atoms with Gasteiger partial charge in [0.05, 0.1) is 11.9 Å². The quantitative estimate of drug-likeness (QED) is 0.910. The topological polar surface area (TPSA) is 29.9 Å². The second-order valence-corrected chi connectivity index (χ2v) is 5.01. The molecule has 0 aliphatic carbocycles. The lowest BCUT2D eigenvalue weighted by Gasteiger charge is -2.06. The van der Waals surface area contributed by atoms with Gasteiger partial charge in [0.15, 0.2) is 0 Å². The van der Waals surface area contributed by atoms with Crippen molar-refractivity contribution in [1.82, 2.24) is 9.78 Å². The van der Waals surface area contributed by atoms with Crippen molar-refractivity contribution < 1.29 is 4.39 Å². The fourth-order valence-electron chi connectivity index (χ4n) is 1.68. The lowest BCUT2D eigenvalue weighted by atomic mass is 10.3. The molecule has 0 radical (unpaired) electrons. The van der Waals surface area contributed by atoms with Gasteiger partial charge in [0, 0.05) is 29.3 Å². The first kappa shape index (κ1) is 13.1. The Morgan fingerprint density at radius 3 is 3.00 bits per heavy atom. The van der Waals surface area contributed by atoms with Crippen LogP contribution in [0.15, 0.2) is 35.1 Å². The van der Waals surface area contributed by atoms with Gasteiger partial charge in [0.2, 0.25) is 0 Å². The Morgan fingerprint density at radius 2 is 2.28 bits per heavy atom. The first-order valence-corrected chi connectivity index (χ1v) is 6.68. The van der Waals surface area contributed by atoms with Crippen molar-refractivity contribution in [3.63, 3.8) is 0 Å². The Morgan fingerprint density at radius 1 is 1.44 bits per heavy atom. The van der Waals surface area contributed by atoms with Crippen LogP contribution in [0.4, 0.5) is 10.1 Å². The molecular weight excluding hydrogens is 297 g/mol. The summed E-state index contributed by atoms with van der Waals surface area (Å²) in [7, 11) is 0. The van der Waals surface area contributed by atoms with Gasteiger partial charge < -0.3 is 5.32 Å². The molecule has 1 N–H and O–H groups in total. The third kappa shape index (κ3) is 3.32. The van der Waals surface area contributed by atoms with Crippen LogP contribution in [0.3, 0.4) is 0 Å². The summed E-state index contributed by atoms with van der Waals surface area (Å²) in [5.74, 6) is -0.259. The van der Waals surface area contributed by atoms with Gasteiger partial charge in [0.25, 0.3) is 0 Å². The largest absolute Gasteiger partial charge is 0.378 e. The minimum absolute atomic E-state index is 0.259. The van der Waals surface area contributed by atoms with Gasteiger partial charge in [-0.05, 0) is 24.6 Å². The molecule has 2 aromatic rings. The van der Waals surface area contributed by atoms with E-state index in [2.05, 4.69) is 33.3 Å². The Bertz CT molecular complexity index is 525. The van der Waals surface area contributed by atoms with E-state index in [1.54, 1.807) is 12.3 Å². The zero-order valence-corrected chi connectivity index (χ0v) is 11.7. The number of benzene rings is 1. The van der Waals surface area contributed by atoms with Crippen LogP contribution in [0, 0.1) is 5.82 Å². The van der Waals surface area contributed by atoms with E-state index in [4.69, 9.17) is 0 Å². The van der Waals surface area contributed by atoms with E-state index >= 15 is 0 Å². The van der Waals surface area contributed by atoms with Gasteiger partial charge in [-0.3, -0.25) is 4.68 Å². The number of aryl methyl sites for hydroxylation is 1. The van der Waals surface area contributed by atoms with Crippen molar-refractivity contribution in [2.45, 2.75) is 26.4 Å². The third-order valence-corrected chi connectivity index (χ3v) is 3.05. The zero-order chi connectivity index (χ0) is 13.0. The van der Waals surface area contributed by atoms with Gasteiger partial charge in [-0.1, -0.05) is 22.9 Å². The minimum atomic E-state index is -0.259. The van der Waals surface area contributed by atoms with E-state index in [9.17, 15) is 4.39 Å². The predicted octanol–water partition coefficient (Wildman–Crippen LogP) is 3.81. The lowest BCUT2D eigenvalue weighted by Crippen LogP contribution is -2.01. The second kappa shape index (κ2) is 6.00. The lowest BCUT2D eigenvalue weighted by molar-refractivity contribution is 0.602. The van der Waals surface area contributed by atoms with E-state index < -0.39 is 0 Å². The highest BCUT2D eigenvalue weighted by atomic mass is 79.9. The van der Waals surface area contributed by atoms with Gasteiger partial charge in [0.1, 0.15) is 5.82 Å². The molecule has 0 saturated carbocycles. The van der Waals surface area contributed by atoms with Crippen molar-refractivity contribution in [2.24, 2.45) is 0 Å². The summed E-state index contributed by atoms with van der Waals surface area (Å²) in [5, 5.41) is 7.29. The van der Waals surface area contributed by atoms with Crippen LogP contribution in [-0.4, -0.2) is 9.78 Å². The van der Waals surface area contributed by atoms with Crippen molar-refractivity contribution in [3.05, 3.63) is 46.4 Å². The van der Waals surface area contributed by atoms with Crippen LogP contribution >= 0.6 is 15.9 Å². The number of anilines is 1. The van der Waals surface area contributed by atoms with E-state index in [0.29, 0.717) is 12.2 Å². The molecule has 96 valence electrons. The highest BCUT2D eigenvalue weighted by molar-refractivity contribution is 9.10. The predicted molar refractivity (Wildman–Crippen MR) is 73.9 cm³/mol. The number of rotatable bonds is 5. The maximum absolute atomic E-state index is 13.6. The molecule has 0 bridgehead atoms. The molecule has 1 aromatic carbocycles. The molecule has 2 rings (SSSR count). The average Bonchev–Trinajstić information content (AvgIpc) is 2.76. The Hall–Kier alpha value is -1.36. The fraction of sp³-hybridized carbons (Fsp3) is 0.308. The molecule has 1 heterocycles. The zero-order valence-electron chi connectivity index (χ0n) is 10.2. The van der Waals surface area contributed by atoms with E-state index in [1.807, 2.05) is 16.9 Å². The van der Waals surface area contributed by atoms with Gasteiger partial charge in [-0.25, -0.2) is 4.39 Å². The van der Waals surface area contributed by atoms with Crippen LogP contribution in [0.25, 0.3) is 0 Å². The number of nitrogens with zero attached hydrogens (tertiary/aromatic N) is 2. The molecule has 18 heavy (non-hydrogen) atoms. The molecule has 0 aliphatic rings. The molecule has 3 nitrogen and oxygen atoms in total. The van der Waals surface area contributed by atoms with Crippen LogP contribution in [0.2, 0.25) is 0 Å². The molecular formula is C13H15BrFN3. The molecule has 0 spiro atoms. The summed E-state index contributed by atoms with van der Waals surface area (Å²) in [6.07, 6.45) is 4.84. The van der Waals surface area contributed by atoms with Gasteiger partial charge >= 0.3 is 0 Å². The number of nitrogens with one attached hydrogen (secondary N) is 1. The first-order valence-electron chi connectivity index (χ1n) is 5.89. The van der Waals surface area contributed by atoms with Crippen molar-refractivity contribution >= 4 is 21.6 Å². The molecule has 0 aliphatic heterocycles. The van der Waals surface area contributed by atoms with Crippen LogP contribution in [0.1, 0.15) is 18.9 Å². The average molecular weight is 312 g/mol. The SMILES string of the molecule is CCCn1cc(CNc2ccc(Br)cc2F)cn1. The number of hydrogen-bond acceptors (Lipinski definition) is 2. The van der Waals surface area contributed by atoms with Crippen molar-refractivity contribution in [2.75, 3.05) is 5.32 Å². The minimum Gasteiger partial charge on any atom is -0.378 e. The summed E-state index contributed by atoms with van der Waals surface area (Å²) in [4.78, 5) is 0. The van der Waals surface area contributed by atoms with Crippen LogP contribution in [0.5, 0.6) is 0 Å². The van der Waals surface area contributed by atoms with Gasteiger partial charge in [-0.15, -0.1) is 0 Å². The normalized spacial score (nSPS) is 10.6. The summed E-state index contributed by atoms with van der Waals surface area (Å²) in [6.45, 7) is 3.59. The molecule has 0 unspecified atom stereocenters. The van der Waals surface area contributed by atoms with E-state index in [1.165, 1.54) is 6.07 Å². The maximum atomic E-state index is 13.6. The van der Waals surface area contributed by atoms with Crippen molar-refractivity contribution in [3.8, 4) is 0 Å².